The zero-order valence-electron chi connectivity index (χ0n) is 6.97. The monoisotopic (exact) mass is 163 g/mol. The normalized spacial score (nSPS) is 15.3. The van der Waals surface area contributed by atoms with Crippen LogP contribution in [0.25, 0.3) is 6.08 Å². The molecule has 0 spiro atoms. The Balaban J connectivity index is 2.51. The van der Waals surface area contributed by atoms with Crippen molar-refractivity contribution in [2.24, 2.45) is 0 Å². The van der Waals surface area contributed by atoms with Crippen LogP contribution in [0, 0.1) is 6.92 Å². The van der Waals surface area contributed by atoms with Gasteiger partial charge >= 0.3 is 0 Å². The Kier molecular flexibility index (Phi) is 1.68. The molecule has 1 aromatic heterocycles. The standard InChI is InChI=1S/C10H10FN/c1-7-2-3-8-6-9(11)4-5-10(8)12-7/h2-3,6H,4-5H2,1H3. The van der Waals surface area contributed by atoms with Crippen molar-refractivity contribution < 1.29 is 4.39 Å². The summed E-state index contributed by atoms with van der Waals surface area (Å²) in [5.41, 5.74) is 2.96. The van der Waals surface area contributed by atoms with E-state index < -0.39 is 0 Å². The quantitative estimate of drug-likeness (QED) is 0.573. The summed E-state index contributed by atoms with van der Waals surface area (Å²) in [7, 11) is 0. The highest BCUT2D eigenvalue weighted by molar-refractivity contribution is 5.56. The lowest BCUT2D eigenvalue weighted by Gasteiger charge is -2.10. The van der Waals surface area contributed by atoms with Gasteiger partial charge in [0, 0.05) is 17.8 Å². The summed E-state index contributed by atoms with van der Waals surface area (Å²) < 4.78 is 12.8. The van der Waals surface area contributed by atoms with Gasteiger partial charge in [-0.15, -0.1) is 0 Å². The Labute approximate surface area is 70.9 Å². The van der Waals surface area contributed by atoms with Gasteiger partial charge in [0.2, 0.25) is 0 Å². The van der Waals surface area contributed by atoms with Crippen LogP contribution in [0.4, 0.5) is 4.39 Å². The number of hydrogen-bond donors (Lipinski definition) is 0. The highest BCUT2D eigenvalue weighted by Crippen LogP contribution is 2.22. The minimum absolute atomic E-state index is 0.0341. The lowest BCUT2D eigenvalue weighted by Crippen LogP contribution is -2.00. The molecule has 1 heterocycles. The number of pyridine rings is 1. The van der Waals surface area contributed by atoms with Gasteiger partial charge in [-0.1, -0.05) is 6.07 Å². The van der Waals surface area contributed by atoms with Crippen molar-refractivity contribution in [1.82, 2.24) is 4.98 Å². The Hall–Kier alpha value is -1.18. The highest BCUT2D eigenvalue weighted by Gasteiger charge is 2.10. The second-order valence-electron chi connectivity index (χ2n) is 3.08. The number of rotatable bonds is 0. The second-order valence-corrected chi connectivity index (χ2v) is 3.08. The van der Waals surface area contributed by atoms with Crippen LogP contribution < -0.4 is 0 Å². The van der Waals surface area contributed by atoms with E-state index in [1.54, 1.807) is 6.08 Å². The van der Waals surface area contributed by atoms with Crippen LogP contribution >= 0.6 is 0 Å². The zero-order valence-corrected chi connectivity index (χ0v) is 6.97. The molecule has 0 unspecified atom stereocenters. The van der Waals surface area contributed by atoms with E-state index in [0.717, 1.165) is 23.4 Å². The molecule has 0 N–H and O–H groups in total. The predicted octanol–water partition coefficient (Wildman–Crippen LogP) is 2.65. The molecule has 12 heavy (non-hydrogen) atoms. The number of halogens is 1. The minimum atomic E-state index is -0.0341. The molecular weight excluding hydrogens is 153 g/mol. The molecule has 1 aliphatic rings. The molecule has 0 fully saturated rings. The summed E-state index contributed by atoms with van der Waals surface area (Å²) in [5.74, 6) is -0.0341. The van der Waals surface area contributed by atoms with Gasteiger partial charge in [0.15, 0.2) is 0 Å². The van der Waals surface area contributed by atoms with Crippen LogP contribution in [0.3, 0.4) is 0 Å². The molecule has 0 amide bonds. The van der Waals surface area contributed by atoms with Gasteiger partial charge in [-0.2, -0.15) is 0 Å². The van der Waals surface area contributed by atoms with Crippen LogP contribution in [-0.2, 0) is 6.42 Å². The molecule has 2 heteroatoms. The van der Waals surface area contributed by atoms with Crippen molar-refractivity contribution >= 4 is 6.08 Å². The Morgan fingerprint density at radius 2 is 2.17 bits per heavy atom. The zero-order chi connectivity index (χ0) is 8.55. The number of allylic oxidation sites excluding steroid dienone is 1. The maximum Gasteiger partial charge on any atom is 0.101 e. The van der Waals surface area contributed by atoms with Gasteiger partial charge in [0.1, 0.15) is 5.83 Å². The third kappa shape index (κ3) is 1.24. The third-order valence-electron chi connectivity index (χ3n) is 2.06. The Morgan fingerprint density at radius 3 is 3.00 bits per heavy atom. The molecule has 0 atom stereocenters. The Bertz CT molecular complexity index is 342. The molecule has 62 valence electrons. The minimum Gasteiger partial charge on any atom is -0.258 e. The maximum atomic E-state index is 12.8. The average molecular weight is 163 g/mol. The van der Waals surface area contributed by atoms with Crippen molar-refractivity contribution in [2.45, 2.75) is 19.8 Å². The summed E-state index contributed by atoms with van der Waals surface area (Å²) in [6.07, 6.45) is 2.81. The predicted molar refractivity (Wildman–Crippen MR) is 46.4 cm³/mol. The molecule has 0 saturated heterocycles. The molecular formula is C10H10FN. The van der Waals surface area contributed by atoms with Gasteiger partial charge in [0.05, 0.1) is 0 Å². The Morgan fingerprint density at radius 1 is 1.33 bits per heavy atom. The third-order valence-corrected chi connectivity index (χ3v) is 2.06. The van der Waals surface area contributed by atoms with E-state index in [2.05, 4.69) is 4.98 Å². The van der Waals surface area contributed by atoms with E-state index in [4.69, 9.17) is 0 Å². The lowest BCUT2D eigenvalue weighted by molar-refractivity contribution is 0.587. The van der Waals surface area contributed by atoms with E-state index in [0.29, 0.717) is 6.42 Å². The van der Waals surface area contributed by atoms with E-state index in [-0.39, 0.29) is 5.83 Å². The fraction of sp³-hybridized carbons (Fsp3) is 0.300. The molecule has 1 aromatic rings. The number of hydrogen-bond acceptors (Lipinski definition) is 1. The first-order valence-corrected chi connectivity index (χ1v) is 4.08. The van der Waals surface area contributed by atoms with Crippen molar-refractivity contribution in [1.29, 1.82) is 0 Å². The van der Waals surface area contributed by atoms with Crippen LogP contribution in [0.5, 0.6) is 0 Å². The van der Waals surface area contributed by atoms with Gasteiger partial charge in [-0.05, 0) is 31.1 Å². The van der Waals surface area contributed by atoms with Crippen molar-refractivity contribution in [2.75, 3.05) is 0 Å². The van der Waals surface area contributed by atoms with E-state index in [9.17, 15) is 4.39 Å². The van der Waals surface area contributed by atoms with Crippen molar-refractivity contribution in [3.05, 3.63) is 34.9 Å². The van der Waals surface area contributed by atoms with Gasteiger partial charge in [0.25, 0.3) is 0 Å². The lowest BCUT2D eigenvalue weighted by atomic mass is 10.0. The molecule has 2 rings (SSSR count). The number of nitrogens with zero attached hydrogens (tertiary/aromatic N) is 1. The first-order valence-electron chi connectivity index (χ1n) is 4.08. The van der Waals surface area contributed by atoms with Crippen LogP contribution in [0.15, 0.2) is 18.0 Å². The first-order chi connectivity index (χ1) is 5.75. The van der Waals surface area contributed by atoms with Gasteiger partial charge in [-0.3, -0.25) is 4.98 Å². The number of fused-ring (bicyclic) bond motifs is 1. The smallest absolute Gasteiger partial charge is 0.101 e. The molecule has 0 bridgehead atoms. The number of aryl methyl sites for hydroxylation is 2. The summed E-state index contributed by atoms with van der Waals surface area (Å²) in [4.78, 5) is 4.34. The first kappa shape index (κ1) is 7.47. The topological polar surface area (TPSA) is 12.9 Å². The highest BCUT2D eigenvalue weighted by atomic mass is 19.1. The van der Waals surface area contributed by atoms with E-state index in [1.807, 2.05) is 19.1 Å². The largest absolute Gasteiger partial charge is 0.258 e. The van der Waals surface area contributed by atoms with Crippen molar-refractivity contribution in [3.8, 4) is 0 Å². The maximum absolute atomic E-state index is 12.8. The summed E-state index contributed by atoms with van der Waals surface area (Å²) in [6, 6.07) is 3.84. The van der Waals surface area contributed by atoms with Gasteiger partial charge < -0.3 is 0 Å². The molecule has 1 nitrogen and oxygen atoms in total. The summed E-state index contributed by atoms with van der Waals surface area (Å²) in [5, 5.41) is 0. The fourth-order valence-corrected chi connectivity index (χ4v) is 1.43. The van der Waals surface area contributed by atoms with Crippen LogP contribution in [-0.4, -0.2) is 4.98 Å². The molecule has 0 saturated carbocycles. The molecule has 1 aliphatic carbocycles. The molecule has 0 radical (unpaired) electrons. The van der Waals surface area contributed by atoms with Crippen LogP contribution in [0.2, 0.25) is 0 Å². The van der Waals surface area contributed by atoms with E-state index >= 15 is 0 Å². The fourth-order valence-electron chi connectivity index (χ4n) is 1.43. The second kappa shape index (κ2) is 2.70. The average Bonchev–Trinajstić information content (AvgIpc) is 2.05. The SMILES string of the molecule is Cc1ccc2c(n1)CCC(F)=C2. The molecule has 0 aromatic carbocycles. The van der Waals surface area contributed by atoms with Crippen LogP contribution in [0.1, 0.15) is 23.4 Å². The van der Waals surface area contributed by atoms with Crippen molar-refractivity contribution in [3.63, 3.8) is 0 Å². The molecule has 0 aliphatic heterocycles. The van der Waals surface area contributed by atoms with E-state index in [1.165, 1.54) is 0 Å². The van der Waals surface area contributed by atoms with Gasteiger partial charge in [-0.25, -0.2) is 4.39 Å². The summed E-state index contributed by atoms with van der Waals surface area (Å²) in [6.45, 7) is 1.95. The number of aromatic nitrogens is 1. The summed E-state index contributed by atoms with van der Waals surface area (Å²) >= 11 is 0.